The van der Waals surface area contributed by atoms with E-state index in [1.807, 2.05) is 72.8 Å². The number of nitrogens with zero attached hydrogens (tertiary/aromatic N) is 3. The molecule has 0 aromatic heterocycles. The van der Waals surface area contributed by atoms with Crippen LogP contribution in [-0.2, 0) is 56.1 Å². The molecule has 0 saturated heterocycles. The molecule has 5 aromatic rings. The molecule has 2 aliphatic heterocycles. The number of aliphatic carboxylic acids is 1. The molecule has 3 atom stereocenters. The molecule has 2 aliphatic rings. The number of para-hydroxylation sites is 3. The van der Waals surface area contributed by atoms with Crippen LogP contribution in [0.2, 0.25) is 0 Å². The normalized spacial score (nSPS) is 15.8. The summed E-state index contributed by atoms with van der Waals surface area (Å²) in [6, 6.07) is 32.8. The standard InChI is InChI=1S/C29H28N4O7.C20H20BN2O4/c1-2-26(36)32-15-22(31-28(39)21-11-7-9-18-8-3-4-10-20(18)21)29(40)33(24-13-6-5-12-23(24)32)16-25(35)30-19(17-34)14-27(37)38;24-14-21-22-17-11-10-16-8-4-5-9-18(16)23(20(17)26)12-19(25)27-13-15-6-2-1-3-7-15/h3-13,17,19,22H,2,14-16H2,1H3,(H,30,35)(H,31,39)(H,37,38);1-9,14,17,22H,10-13H2/t19-,22-;17-/m00/s1. The third-order valence-electron chi connectivity index (χ3n) is 11.0. The summed E-state index contributed by atoms with van der Waals surface area (Å²) in [5.74, 6) is -4.27. The molecule has 0 fully saturated rings. The minimum absolute atomic E-state index is 0.128. The Hall–Kier alpha value is -7.99. The predicted octanol–water partition coefficient (Wildman–Crippen LogP) is 3.36. The van der Waals surface area contributed by atoms with Crippen LogP contribution < -0.4 is 30.6 Å². The molecule has 4 N–H and O–H groups in total. The first kappa shape index (κ1) is 48.5. The van der Waals surface area contributed by atoms with Gasteiger partial charge in [0.2, 0.25) is 17.7 Å². The lowest BCUT2D eigenvalue weighted by Gasteiger charge is -2.25. The zero-order valence-corrected chi connectivity index (χ0v) is 36.5. The van der Waals surface area contributed by atoms with Gasteiger partial charge >= 0.3 is 11.9 Å². The number of anilines is 3. The number of amides is 5. The number of nitrogens with one attached hydrogen (secondary N) is 3. The van der Waals surface area contributed by atoms with E-state index in [2.05, 4.69) is 15.9 Å². The molecule has 0 aliphatic carbocycles. The van der Waals surface area contributed by atoms with Gasteiger partial charge in [-0.2, -0.15) is 0 Å². The fraction of sp³-hybridized carbons (Fsp3) is 0.245. The number of benzene rings is 5. The molecule has 0 bridgehead atoms. The molecule has 18 heteroatoms. The predicted molar refractivity (Wildman–Crippen MR) is 250 cm³/mol. The van der Waals surface area contributed by atoms with E-state index in [4.69, 9.17) is 9.84 Å². The zero-order valence-electron chi connectivity index (χ0n) is 36.5. The summed E-state index contributed by atoms with van der Waals surface area (Å²) in [7, 11) is 1.21. The summed E-state index contributed by atoms with van der Waals surface area (Å²) in [6.45, 7) is 0.905. The molecule has 2 heterocycles. The van der Waals surface area contributed by atoms with E-state index in [9.17, 15) is 43.2 Å². The van der Waals surface area contributed by atoms with E-state index in [0.717, 1.165) is 21.4 Å². The Balaban J connectivity index is 0.000000238. The van der Waals surface area contributed by atoms with Crippen LogP contribution in [0.4, 0.5) is 17.1 Å². The lowest BCUT2D eigenvalue weighted by molar-refractivity contribution is -0.144. The lowest BCUT2D eigenvalue weighted by atomic mass is 9.94. The highest BCUT2D eigenvalue weighted by Crippen LogP contribution is 2.34. The lowest BCUT2D eigenvalue weighted by Crippen LogP contribution is -2.54. The van der Waals surface area contributed by atoms with Gasteiger partial charge in [0.25, 0.3) is 19.2 Å². The first-order valence-electron chi connectivity index (χ1n) is 21.5. The van der Waals surface area contributed by atoms with Crippen molar-refractivity contribution >= 4 is 89.2 Å². The largest absolute Gasteiger partial charge is 0.481 e. The van der Waals surface area contributed by atoms with Crippen molar-refractivity contribution in [1.29, 1.82) is 0 Å². The maximum absolute atomic E-state index is 13.9. The maximum Gasteiger partial charge on any atom is 0.326 e. The highest BCUT2D eigenvalue weighted by molar-refractivity contribution is 6.64. The van der Waals surface area contributed by atoms with Gasteiger partial charge in [-0.1, -0.05) is 104 Å². The van der Waals surface area contributed by atoms with Gasteiger partial charge < -0.3 is 40.2 Å². The smallest absolute Gasteiger partial charge is 0.326 e. The van der Waals surface area contributed by atoms with Gasteiger partial charge in [0, 0.05) is 17.7 Å². The number of fused-ring (bicyclic) bond motifs is 3. The van der Waals surface area contributed by atoms with E-state index < -0.39 is 60.8 Å². The minimum Gasteiger partial charge on any atom is -0.481 e. The number of aryl methyl sites for hydroxylation is 1. The number of carboxylic acids is 1. The Morgan fingerprint density at radius 1 is 0.776 bits per heavy atom. The van der Waals surface area contributed by atoms with E-state index in [-0.39, 0.29) is 43.6 Å². The zero-order chi connectivity index (χ0) is 47.9. The third-order valence-corrected chi connectivity index (χ3v) is 11.0. The Morgan fingerprint density at radius 2 is 1.42 bits per heavy atom. The van der Waals surface area contributed by atoms with Crippen LogP contribution in [0.1, 0.15) is 47.7 Å². The van der Waals surface area contributed by atoms with Crippen LogP contribution in [0.25, 0.3) is 10.8 Å². The summed E-state index contributed by atoms with van der Waals surface area (Å²) < 4.78 is 5.33. The van der Waals surface area contributed by atoms with Gasteiger partial charge in [-0.25, -0.2) is 0 Å². The van der Waals surface area contributed by atoms with Gasteiger partial charge in [0.15, 0.2) is 0 Å². The van der Waals surface area contributed by atoms with Gasteiger partial charge in [0.05, 0.1) is 42.6 Å². The van der Waals surface area contributed by atoms with E-state index >= 15 is 0 Å². The molecule has 7 rings (SSSR count). The number of hydrogen-bond acceptors (Lipinski definition) is 11. The molecule has 343 valence electrons. The summed E-state index contributed by atoms with van der Waals surface area (Å²) in [4.78, 5) is 115. The molecule has 5 amide bonds. The number of ether oxygens (including phenoxy) is 1. The van der Waals surface area contributed by atoms with Crippen molar-refractivity contribution in [2.24, 2.45) is 0 Å². The van der Waals surface area contributed by atoms with Crippen LogP contribution in [0.15, 0.2) is 121 Å². The Labute approximate surface area is 386 Å². The van der Waals surface area contributed by atoms with Crippen molar-refractivity contribution in [3.63, 3.8) is 0 Å². The Morgan fingerprint density at radius 3 is 2.13 bits per heavy atom. The number of rotatable bonds is 16. The fourth-order valence-electron chi connectivity index (χ4n) is 7.76. The van der Waals surface area contributed by atoms with Gasteiger partial charge in [-0.3, -0.25) is 43.4 Å². The average molecular weight is 908 g/mol. The van der Waals surface area contributed by atoms with Crippen LogP contribution in [0.5, 0.6) is 0 Å². The molecule has 1 radical (unpaired) electrons. The first-order valence-corrected chi connectivity index (χ1v) is 21.5. The molecular weight excluding hydrogens is 859 g/mol. The van der Waals surface area contributed by atoms with Crippen molar-refractivity contribution in [1.82, 2.24) is 15.9 Å². The van der Waals surface area contributed by atoms with Crippen molar-refractivity contribution in [3.8, 4) is 0 Å². The quantitative estimate of drug-likeness (QED) is 0.0635. The molecule has 0 saturated carbocycles. The monoisotopic (exact) mass is 907 g/mol. The van der Waals surface area contributed by atoms with E-state index in [1.54, 1.807) is 55.5 Å². The second-order valence-corrected chi connectivity index (χ2v) is 15.5. The first-order chi connectivity index (χ1) is 32.4. The van der Waals surface area contributed by atoms with Gasteiger partial charge in [0.1, 0.15) is 32.0 Å². The van der Waals surface area contributed by atoms with Crippen LogP contribution >= 0.6 is 0 Å². The Kier molecular flexibility index (Phi) is 16.8. The van der Waals surface area contributed by atoms with Crippen molar-refractivity contribution in [2.75, 3.05) is 34.3 Å². The number of carboxylic acid groups (broad SMARTS) is 1. The second kappa shape index (κ2) is 23.3. The third kappa shape index (κ3) is 12.4. The number of carbonyl (C=O) groups excluding carboxylic acids is 8. The summed E-state index contributed by atoms with van der Waals surface area (Å²) in [5.41, 5.74) is 3.54. The summed E-state index contributed by atoms with van der Waals surface area (Å²) in [5, 5.41) is 18.4. The molecular formula is C49H48BN6O11. The van der Waals surface area contributed by atoms with Crippen LogP contribution in [0.3, 0.4) is 0 Å². The topological polar surface area (TPSA) is 229 Å². The van der Waals surface area contributed by atoms with Crippen molar-refractivity contribution < 1.29 is 53.0 Å². The van der Waals surface area contributed by atoms with Crippen LogP contribution in [0, 0.1) is 0 Å². The van der Waals surface area contributed by atoms with Crippen LogP contribution in [-0.4, -0.2) is 104 Å². The number of aldehydes is 1. The van der Waals surface area contributed by atoms with Crippen molar-refractivity contribution in [3.05, 3.63) is 138 Å². The van der Waals surface area contributed by atoms with Gasteiger partial charge in [-0.05, 0) is 59.0 Å². The highest BCUT2D eigenvalue weighted by atomic mass is 16.5. The van der Waals surface area contributed by atoms with E-state index in [1.165, 1.54) is 17.2 Å². The molecule has 17 nitrogen and oxygen atoms in total. The SMILES string of the molecule is CCC(=O)N1C[C@H](NC(=O)c2cccc3ccccc23)C(=O)N(CC(=O)N[C@H](C=O)CC(=O)O)c2ccccc21.O=C[B]N[C@H]1CCc2ccccc2N(CC(=O)OCc2ccccc2)C1=O. The molecule has 0 unspecified atom stereocenters. The molecule has 5 aromatic carbocycles. The minimum atomic E-state index is -1.29. The number of esters is 1. The number of carbonyl (C=O) groups is 9. The molecule has 67 heavy (non-hydrogen) atoms. The second-order valence-electron chi connectivity index (χ2n) is 15.5. The van der Waals surface area contributed by atoms with Crippen molar-refractivity contribution in [2.45, 2.75) is 57.3 Å². The fourth-order valence-corrected chi connectivity index (χ4v) is 7.76. The number of hydrogen-bond donors (Lipinski definition) is 4. The molecule has 0 spiro atoms. The summed E-state index contributed by atoms with van der Waals surface area (Å²) >= 11 is 0. The van der Waals surface area contributed by atoms with E-state index in [0.29, 0.717) is 47.6 Å². The van der Waals surface area contributed by atoms with Gasteiger partial charge in [-0.15, -0.1) is 0 Å². The highest BCUT2D eigenvalue weighted by Gasteiger charge is 2.38. The maximum atomic E-state index is 13.9. The average Bonchev–Trinajstić information content (AvgIpc) is 3.54. The Bertz CT molecular complexity index is 2640. The summed E-state index contributed by atoms with van der Waals surface area (Å²) in [6.07, 6.45) is 1.62.